The number of rotatable bonds is 4. The minimum absolute atomic E-state index is 0.102. The lowest BCUT2D eigenvalue weighted by Gasteiger charge is -2.35. The Balaban J connectivity index is 1.54. The summed E-state index contributed by atoms with van der Waals surface area (Å²) < 4.78 is 0. The van der Waals surface area contributed by atoms with Gasteiger partial charge < -0.3 is 10.2 Å². The second-order valence-electron chi connectivity index (χ2n) is 6.82. The van der Waals surface area contributed by atoms with Gasteiger partial charge in [0.15, 0.2) is 0 Å². The number of nitrogens with one attached hydrogen (secondary N) is 1. The Labute approximate surface area is 159 Å². The average Bonchev–Trinajstić information content (AvgIpc) is 2.74. The van der Waals surface area contributed by atoms with Crippen LogP contribution in [0.1, 0.15) is 33.2 Å². The molecule has 3 heterocycles. The molecule has 5 nitrogen and oxygen atoms in total. The normalized spacial score (nSPS) is 16.9. The average molecular weight is 358 g/mol. The molecule has 1 aromatic carbocycles. The van der Waals surface area contributed by atoms with E-state index in [1.54, 1.807) is 30.6 Å². The highest BCUT2D eigenvalue weighted by molar-refractivity contribution is 6.07. The van der Waals surface area contributed by atoms with Crippen LogP contribution in [-0.4, -0.2) is 35.4 Å². The maximum Gasteiger partial charge on any atom is 0.212 e. The van der Waals surface area contributed by atoms with E-state index in [0.717, 1.165) is 25.5 Å². The standard InChI is InChI=1S/C22H22N4O/c1-16-7-9-17(10-8-16)20-15-26(13-12-24-20)21-6-2-5-19(25-21)22(27)18-4-3-11-23-14-18/h2-11,14,20,24H,12-13,15H2,1H3. The number of nitrogens with zero attached hydrogens (tertiary/aromatic N) is 3. The predicted octanol–water partition coefficient (Wildman–Crippen LogP) is 3.17. The van der Waals surface area contributed by atoms with Crippen LogP contribution >= 0.6 is 0 Å². The van der Waals surface area contributed by atoms with E-state index in [-0.39, 0.29) is 11.8 Å². The summed E-state index contributed by atoms with van der Waals surface area (Å²) in [6, 6.07) is 18.0. The van der Waals surface area contributed by atoms with E-state index >= 15 is 0 Å². The van der Waals surface area contributed by atoms with Gasteiger partial charge in [-0.25, -0.2) is 4.98 Å². The zero-order valence-corrected chi connectivity index (χ0v) is 15.3. The van der Waals surface area contributed by atoms with Gasteiger partial charge in [0, 0.05) is 43.6 Å². The number of ketones is 1. The molecule has 0 amide bonds. The lowest BCUT2D eigenvalue weighted by Crippen LogP contribution is -2.46. The molecular weight excluding hydrogens is 336 g/mol. The fraction of sp³-hybridized carbons (Fsp3) is 0.227. The molecule has 1 fully saturated rings. The molecule has 0 saturated carbocycles. The van der Waals surface area contributed by atoms with Crippen LogP contribution in [0.4, 0.5) is 5.82 Å². The van der Waals surface area contributed by atoms with Crippen LogP contribution in [0.5, 0.6) is 0 Å². The number of carbonyl (C=O) groups excluding carboxylic acids is 1. The Morgan fingerprint density at radius 1 is 1.11 bits per heavy atom. The summed E-state index contributed by atoms with van der Waals surface area (Å²) in [5.74, 6) is 0.735. The molecule has 0 radical (unpaired) electrons. The van der Waals surface area contributed by atoms with E-state index < -0.39 is 0 Å². The van der Waals surface area contributed by atoms with Crippen molar-refractivity contribution in [1.82, 2.24) is 15.3 Å². The van der Waals surface area contributed by atoms with Gasteiger partial charge in [-0.15, -0.1) is 0 Å². The quantitative estimate of drug-likeness (QED) is 0.726. The molecule has 4 rings (SSSR count). The Kier molecular flexibility index (Phi) is 4.94. The number of aromatic nitrogens is 2. The molecule has 1 N–H and O–H groups in total. The van der Waals surface area contributed by atoms with Crippen LogP contribution in [-0.2, 0) is 0 Å². The number of hydrogen-bond acceptors (Lipinski definition) is 5. The van der Waals surface area contributed by atoms with Crippen molar-refractivity contribution in [1.29, 1.82) is 0 Å². The van der Waals surface area contributed by atoms with E-state index in [0.29, 0.717) is 11.3 Å². The second-order valence-corrected chi connectivity index (χ2v) is 6.82. The summed E-state index contributed by atoms with van der Waals surface area (Å²) >= 11 is 0. The Morgan fingerprint density at radius 3 is 2.74 bits per heavy atom. The number of piperazine rings is 1. The molecule has 1 aliphatic heterocycles. The first-order valence-electron chi connectivity index (χ1n) is 9.17. The second kappa shape index (κ2) is 7.68. The maximum atomic E-state index is 12.7. The molecule has 1 atom stereocenters. The molecule has 2 aromatic heterocycles. The van der Waals surface area contributed by atoms with Crippen molar-refractivity contribution in [3.05, 3.63) is 89.4 Å². The van der Waals surface area contributed by atoms with Gasteiger partial charge in [0.2, 0.25) is 5.78 Å². The highest BCUT2D eigenvalue weighted by Gasteiger charge is 2.22. The SMILES string of the molecule is Cc1ccc(C2CN(c3cccc(C(=O)c4cccnc4)n3)CCN2)cc1. The Bertz CT molecular complexity index is 925. The third-order valence-corrected chi connectivity index (χ3v) is 4.87. The summed E-state index contributed by atoms with van der Waals surface area (Å²) in [6.45, 7) is 4.65. The molecule has 136 valence electrons. The lowest BCUT2D eigenvalue weighted by atomic mass is 10.0. The highest BCUT2D eigenvalue weighted by atomic mass is 16.1. The first-order valence-corrected chi connectivity index (χ1v) is 9.17. The third-order valence-electron chi connectivity index (χ3n) is 4.87. The van der Waals surface area contributed by atoms with Crippen LogP contribution in [0.25, 0.3) is 0 Å². The van der Waals surface area contributed by atoms with Crippen molar-refractivity contribution in [3.63, 3.8) is 0 Å². The highest BCUT2D eigenvalue weighted by Crippen LogP contribution is 2.22. The molecular formula is C22H22N4O. The van der Waals surface area contributed by atoms with E-state index in [1.165, 1.54) is 11.1 Å². The van der Waals surface area contributed by atoms with Gasteiger partial charge in [-0.2, -0.15) is 0 Å². The van der Waals surface area contributed by atoms with Gasteiger partial charge in [0.1, 0.15) is 11.5 Å². The lowest BCUT2D eigenvalue weighted by molar-refractivity contribution is 0.103. The van der Waals surface area contributed by atoms with E-state index in [2.05, 4.69) is 51.4 Å². The molecule has 5 heteroatoms. The van der Waals surface area contributed by atoms with Crippen LogP contribution in [0, 0.1) is 6.92 Å². The van der Waals surface area contributed by atoms with Gasteiger partial charge in [0.25, 0.3) is 0 Å². The van der Waals surface area contributed by atoms with E-state index in [4.69, 9.17) is 0 Å². The maximum absolute atomic E-state index is 12.7. The van der Waals surface area contributed by atoms with E-state index in [1.807, 2.05) is 12.1 Å². The molecule has 1 unspecified atom stereocenters. The topological polar surface area (TPSA) is 58.1 Å². The monoisotopic (exact) mass is 358 g/mol. The molecule has 27 heavy (non-hydrogen) atoms. The van der Waals surface area contributed by atoms with Crippen LogP contribution in [0.2, 0.25) is 0 Å². The number of carbonyl (C=O) groups is 1. The fourth-order valence-electron chi connectivity index (χ4n) is 3.35. The van der Waals surface area contributed by atoms with Crippen molar-refractivity contribution >= 4 is 11.6 Å². The fourth-order valence-corrected chi connectivity index (χ4v) is 3.35. The molecule has 0 spiro atoms. The predicted molar refractivity (Wildman–Crippen MR) is 106 cm³/mol. The molecule has 0 aliphatic carbocycles. The van der Waals surface area contributed by atoms with Crippen LogP contribution < -0.4 is 10.2 Å². The first-order chi connectivity index (χ1) is 13.2. The summed E-state index contributed by atoms with van der Waals surface area (Å²) in [7, 11) is 0. The van der Waals surface area contributed by atoms with Crippen molar-refractivity contribution in [2.24, 2.45) is 0 Å². The third kappa shape index (κ3) is 3.88. The summed E-state index contributed by atoms with van der Waals surface area (Å²) in [6.07, 6.45) is 3.24. The Hall–Kier alpha value is -3.05. The summed E-state index contributed by atoms with van der Waals surface area (Å²) in [5.41, 5.74) is 3.54. The smallest absolute Gasteiger partial charge is 0.212 e. The van der Waals surface area contributed by atoms with Crippen LogP contribution in [0.3, 0.4) is 0 Å². The number of hydrogen-bond donors (Lipinski definition) is 1. The largest absolute Gasteiger partial charge is 0.353 e. The molecule has 1 aliphatic rings. The van der Waals surface area contributed by atoms with Gasteiger partial charge in [0.05, 0.1) is 0 Å². The zero-order valence-electron chi connectivity index (χ0n) is 15.3. The number of benzene rings is 1. The van der Waals surface area contributed by atoms with Crippen molar-refractivity contribution < 1.29 is 4.79 Å². The van der Waals surface area contributed by atoms with Gasteiger partial charge in [-0.05, 0) is 36.8 Å². The Morgan fingerprint density at radius 2 is 1.96 bits per heavy atom. The van der Waals surface area contributed by atoms with Crippen molar-refractivity contribution in [3.8, 4) is 0 Å². The zero-order chi connectivity index (χ0) is 18.6. The number of aryl methyl sites for hydroxylation is 1. The van der Waals surface area contributed by atoms with Gasteiger partial charge in [-0.1, -0.05) is 35.9 Å². The minimum atomic E-state index is -0.102. The number of anilines is 1. The van der Waals surface area contributed by atoms with Gasteiger partial charge >= 0.3 is 0 Å². The van der Waals surface area contributed by atoms with E-state index in [9.17, 15) is 4.79 Å². The summed E-state index contributed by atoms with van der Waals surface area (Å²) in [5, 5.41) is 3.57. The molecule has 3 aromatic rings. The minimum Gasteiger partial charge on any atom is -0.353 e. The summed E-state index contributed by atoms with van der Waals surface area (Å²) in [4.78, 5) is 23.6. The molecule has 0 bridgehead atoms. The van der Waals surface area contributed by atoms with Gasteiger partial charge in [-0.3, -0.25) is 9.78 Å². The first kappa shape index (κ1) is 17.4. The van der Waals surface area contributed by atoms with Crippen molar-refractivity contribution in [2.45, 2.75) is 13.0 Å². The van der Waals surface area contributed by atoms with Crippen molar-refractivity contribution in [2.75, 3.05) is 24.5 Å². The van der Waals surface area contributed by atoms with Crippen LogP contribution in [0.15, 0.2) is 67.0 Å². The number of pyridine rings is 2. The molecule has 1 saturated heterocycles.